The summed E-state index contributed by atoms with van der Waals surface area (Å²) in [7, 11) is 0. The zero-order valence-corrected chi connectivity index (χ0v) is 11.4. The molecule has 1 heterocycles. The lowest BCUT2D eigenvalue weighted by Gasteiger charge is -2.23. The average molecular weight is 275 g/mol. The van der Waals surface area contributed by atoms with E-state index >= 15 is 0 Å². The van der Waals surface area contributed by atoms with Gasteiger partial charge in [0.2, 0.25) is 5.95 Å². The molecule has 0 radical (unpaired) electrons. The maximum absolute atomic E-state index is 5.51. The van der Waals surface area contributed by atoms with E-state index in [9.17, 15) is 0 Å². The standard InChI is InChI=1S/C10H19BrN4/c1-7(5-10(2,3)4)6-15-8(11)13-9(12)14-15/h7H,5-6H2,1-4H3,(H2,12,14). The minimum Gasteiger partial charge on any atom is -0.366 e. The Morgan fingerprint density at radius 1 is 1.47 bits per heavy atom. The zero-order chi connectivity index (χ0) is 11.6. The first-order chi connectivity index (χ1) is 6.78. The van der Waals surface area contributed by atoms with Gasteiger partial charge in [-0.1, -0.05) is 27.7 Å². The molecule has 1 atom stereocenters. The molecule has 0 aliphatic heterocycles. The van der Waals surface area contributed by atoms with Crippen LogP contribution in [0.15, 0.2) is 4.73 Å². The molecule has 0 saturated heterocycles. The van der Waals surface area contributed by atoms with Crippen LogP contribution in [-0.2, 0) is 6.54 Å². The smallest absolute Gasteiger partial charge is 0.240 e. The summed E-state index contributed by atoms with van der Waals surface area (Å²) in [5.74, 6) is 0.882. The normalized spacial score (nSPS) is 14.2. The molecule has 2 N–H and O–H groups in total. The van der Waals surface area contributed by atoms with Gasteiger partial charge in [-0.3, -0.25) is 0 Å². The molecular formula is C10H19BrN4. The van der Waals surface area contributed by atoms with Gasteiger partial charge >= 0.3 is 0 Å². The van der Waals surface area contributed by atoms with Gasteiger partial charge in [-0.2, -0.15) is 4.98 Å². The highest BCUT2D eigenvalue weighted by Gasteiger charge is 2.17. The van der Waals surface area contributed by atoms with Crippen LogP contribution in [0.1, 0.15) is 34.1 Å². The van der Waals surface area contributed by atoms with Gasteiger partial charge in [0.05, 0.1) is 0 Å². The molecule has 15 heavy (non-hydrogen) atoms. The summed E-state index contributed by atoms with van der Waals surface area (Å²) >= 11 is 3.33. The fourth-order valence-electron chi connectivity index (χ4n) is 1.86. The van der Waals surface area contributed by atoms with Gasteiger partial charge in [0.1, 0.15) is 0 Å². The number of rotatable bonds is 3. The maximum atomic E-state index is 5.51. The Balaban J connectivity index is 2.58. The van der Waals surface area contributed by atoms with Crippen molar-refractivity contribution >= 4 is 21.9 Å². The number of halogens is 1. The molecule has 0 aliphatic rings. The molecule has 86 valence electrons. The van der Waals surface area contributed by atoms with Crippen molar-refractivity contribution in [3.63, 3.8) is 0 Å². The summed E-state index contributed by atoms with van der Waals surface area (Å²) in [5.41, 5.74) is 5.85. The van der Waals surface area contributed by atoms with Gasteiger partial charge in [-0.25, -0.2) is 4.68 Å². The third kappa shape index (κ3) is 4.20. The molecule has 0 bridgehead atoms. The van der Waals surface area contributed by atoms with Crippen LogP contribution in [-0.4, -0.2) is 14.8 Å². The van der Waals surface area contributed by atoms with Gasteiger partial charge < -0.3 is 5.73 Å². The fraction of sp³-hybridized carbons (Fsp3) is 0.800. The number of hydrogen-bond acceptors (Lipinski definition) is 3. The Kier molecular flexibility index (Phi) is 3.76. The molecular weight excluding hydrogens is 256 g/mol. The van der Waals surface area contributed by atoms with E-state index in [4.69, 9.17) is 5.73 Å². The minimum atomic E-state index is 0.324. The van der Waals surface area contributed by atoms with Crippen LogP contribution in [0.4, 0.5) is 5.95 Å². The van der Waals surface area contributed by atoms with Crippen molar-refractivity contribution in [2.24, 2.45) is 11.3 Å². The fourth-order valence-corrected chi connectivity index (χ4v) is 2.27. The molecule has 0 saturated carbocycles. The maximum Gasteiger partial charge on any atom is 0.240 e. The van der Waals surface area contributed by atoms with Crippen LogP contribution in [0.25, 0.3) is 0 Å². The van der Waals surface area contributed by atoms with Crippen LogP contribution in [0.2, 0.25) is 0 Å². The van der Waals surface area contributed by atoms with Crippen molar-refractivity contribution in [1.29, 1.82) is 0 Å². The van der Waals surface area contributed by atoms with Crippen LogP contribution in [0, 0.1) is 11.3 Å². The molecule has 1 aromatic heterocycles. The summed E-state index contributed by atoms with van der Waals surface area (Å²) in [6, 6.07) is 0. The van der Waals surface area contributed by atoms with E-state index in [-0.39, 0.29) is 0 Å². The SMILES string of the molecule is CC(Cn1nc(N)nc1Br)CC(C)(C)C. The zero-order valence-electron chi connectivity index (χ0n) is 9.79. The van der Waals surface area contributed by atoms with Gasteiger partial charge in [-0.15, -0.1) is 5.10 Å². The Labute approximate surface area is 99.4 Å². The predicted molar refractivity (Wildman–Crippen MR) is 65.4 cm³/mol. The first-order valence-corrected chi connectivity index (χ1v) is 5.93. The Hall–Kier alpha value is -0.580. The lowest BCUT2D eigenvalue weighted by atomic mass is 9.85. The minimum absolute atomic E-state index is 0.324. The van der Waals surface area contributed by atoms with Gasteiger partial charge in [-0.05, 0) is 33.7 Å². The van der Waals surface area contributed by atoms with E-state index in [2.05, 4.69) is 53.7 Å². The largest absolute Gasteiger partial charge is 0.366 e. The summed E-state index contributed by atoms with van der Waals surface area (Å²) in [6.07, 6.45) is 1.15. The lowest BCUT2D eigenvalue weighted by Crippen LogP contribution is -2.16. The summed E-state index contributed by atoms with van der Waals surface area (Å²) in [6.45, 7) is 9.80. The number of anilines is 1. The summed E-state index contributed by atoms with van der Waals surface area (Å²) in [4.78, 5) is 4.01. The topological polar surface area (TPSA) is 56.7 Å². The van der Waals surface area contributed by atoms with Crippen LogP contribution in [0.5, 0.6) is 0 Å². The number of nitrogens with zero attached hydrogens (tertiary/aromatic N) is 3. The van der Waals surface area contributed by atoms with E-state index in [0.29, 0.717) is 22.0 Å². The van der Waals surface area contributed by atoms with Crippen molar-refractivity contribution in [2.45, 2.75) is 40.7 Å². The van der Waals surface area contributed by atoms with Gasteiger partial charge in [0.25, 0.3) is 0 Å². The molecule has 0 fully saturated rings. The van der Waals surface area contributed by atoms with Crippen molar-refractivity contribution in [3.8, 4) is 0 Å². The van der Waals surface area contributed by atoms with E-state index < -0.39 is 0 Å². The molecule has 1 rings (SSSR count). The predicted octanol–water partition coefficient (Wildman–Crippen LogP) is 2.70. The Morgan fingerprint density at radius 2 is 2.07 bits per heavy atom. The molecule has 0 aliphatic carbocycles. The second-order valence-corrected chi connectivity index (χ2v) is 6.00. The van der Waals surface area contributed by atoms with Crippen molar-refractivity contribution < 1.29 is 0 Å². The number of aromatic nitrogens is 3. The molecule has 0 amide bonds. The first kappa shape index (κ1) is 12.5. The quantitative estimate of drug-likeness (QED) is 0.922. The van der Waals surface area contributed by atoms with Crippen molar-refractivity contribution in [3.05, 3.63) is 4.73 Å². The molecule has 0 aromatic carbocycles. The van der Waals surface area contributed by atoms with Gasteiger partial charge in [0, 0.05) is 6.54 Å². The number of nitrogens with two attached hydrogens (primary N) is 1. The third-order valence-corrected chi connectivity index (χ3v) is 2.68. The van der Waals surface area contributed by atoms with Gasteiger partial charge in [0.15, 0.2) is 4.73 Å². The van der Waals surface area contributed by atoms with E-state index in [0.717, 1.165) is 13.0 Å². The number of hydrogen-bond donors (Lipinski definition) is 1. The molecule has 0 spiro atoms. The summed E-state index contributed by atoms with van der Waals surface area (Å²) in [5, 5.41) is 4.12. The highest BCUT2D eigenvalue weighted by molar-refractivity contribution is 9.10. The monoisotopic (exact) mass is 274 g/mol. The van der Waals surface area contributed by atoms with Crippen molar-refractivity contribution in [2.75, 3.05) is 5.73 Å². The van der Waals surface area contributed by atoms with E-state index in [1.165, 1.54) is 0 Å². The van der Waals surface area contributed by atoms with Crippen LogP contribution in [0.3, 0.4) is 0 Å². The Bertz CT molecular complexity index is 327. The average Bonchev–Trinajstić information content (AvgIpc) is 2.25. The Morgan fingerprint density at radius 3 is 2.47 bits per heavy atom. The van der Waals surface area contributed by atoms with E-state index in [1.807, 2.05) is 4.68 Å². The third-order valence-electron chi connectivity index (χ3n) is 2.09. The highest BCUT2D eigenvalue weighted by Crippen LogP contribution is 2.25. The first-order valence-electron chi connectivity index (χ1n) is 5.14. The lowest BCUT2D eigenvalue weighted by molar-refractivity contribution is 0.278. The second kappa shape index (κ2) is 4.51. The molecule has 1 aromatic rings. The molecule has 1 unspecified atom stereocenters. The van der Waals surface area contributed by atoms with Crippen molar-refractivity contribution in [1.82, 2.24) is 14.8 Å². The molecule has 5 heteroatoms. The molecule has 4 nitrogen and oxygen atoms in total. The van der Waals surface area contributed by atoms with Crippen LogP contribution >= 0.6 is 15.9 Å². The number of nitrogen functional groups attached to an aromatic ring is 1. The second-order valence-electron chi connectivity index (χ2n) is 5.29. The summed E-state index contributed by atoms with van der Waals surface area (Å²) < 4.78 is 2.52. The van der Waals surface area contributed by atoms with Crippen LogP contribution < -0.4 is 5.73 Å². The van der Waals surface area contributed by atoms with E-state index in [1.54, 1.807) is 0 Å². The highest BCUT2D eigenvalue weighted by atomic mass is 79.9.